The van der Waals surface area contributed by atoms with Crippen LogP contribution in [0.4, 0.5) is 5.82 Å². The van der Waals surface area contributed by atoms with Crippen molar-refractivity contribution >= 4 is 23.3 Å². The fourth-order valence-corrected chi connectivity index (χ4v) is 2.08. The van der Waals surface area contributed by atoms with E-state index < -0.39 is 0 Å². The second kappa shape index (κ2) is 6.02. The summed E-state index contributed by atoms with van der Waals surface area (Å²) in [5.74, 6) is 0.874. The molecule has 0 aromatic carbocycles. The van der Waals surface area contributed by atoms with E-state index in [1.807, 2.05) is 24.0 Å². The maximum absolute atomic E-state index is 11.3. The maximum Gasteiger partial charge on any atom is 0.234 e. The molecule has 2 N–H and O–H groups in total. The lowest BCUT2D eigenvalue weighted by molar-refractivity contribution is -0.124. The average Bonchev–Trinajstić information content (AvgIpc) is 2.34. The highest BCUT2D eigenvalue weighted by Gasteiger charge is 2.17. The predicted molar refractivity (Wildman–Crippen MR) is 71.7 cm³/mol. The van der Waals surface area contributed by atoms with Crippen LogP contribution in [0.1, 0.15) is 12.6 Å². The Hall–Kier alpha value is -1.33. The third kappa shape index (κ3) is 3.34. The van der Waals surface area contributed by atoms with Crippen LogP contribution in [-0.2, 0) is 11.3 Å². The van der Waals surface area contributed by atoms with Crippen molar-refractivity contribution in [3.8, 4) is 0 Å². The van der Waals surface area contributed by atoms with E-state index in [1.165, 1.54) is 0 Å². The first-order valence-corrected chi connectivity index (χ1v) is 6.45. The quantitative estimate of drug-likeness (QED) is 0.859. The number of piperazine rings is 1. The number of aromatic nitrogens is 1. The van der Waals surface area contributed by atoms with Crippen LogP contribution in [-0.4, -0.2) is 42.0 Å². The SMILES string of the molecule is CCNc1ccc(Cl)c(CN2CCNC(=O)C2)n1. The van der Waals surface area contributed by atoms with Gasteiger partial charge in [0.1, 0.15) is 5.82 Å². The Morgan fingerprint density at radius 3 is 3.11 bits per heavy atom. The number of hydrogen-bond donors (Lipinski definition) is 2. The molecule has 1 aliphatic heterocycles. The summed E-state index contributed by atoms with van der Waals surface area (Å²) >= 11 is 6.13. The highest BCUT2D eigenvalue weighted by molar-refractivity contribution is 6.31. The fraction of sp³-hybridized carbons (Fsp3) is 0.500. The molecule has 0 unspecified atom stereocenters. The maximum atomic E-state index is 11.3. The van der Waals surface area contributed by atoms with Gasteiger partial charge in [0.15, 0.2) is 0 Å². The molecule has 2 heterocycles. The lowest BCUT2D eigenvalue weighted by Gasteiger charge is -2.26. The van der Waals surface area contributed by atoms with Crippen molar-refractivity contribution in [1.29, 1.82) is 0 Å². The summed E-state index contributed by atoms with van der Waals surface area (Å²) in [6, 6.07) is 3.70. The molecule has 0 saturated carbocycles. The molecule has 6 heteroatoms. The van der Waals surface area contributed by atoms with Crippen molar-refractivity contribution in [3.05, 3.63) is 22.8 Å². The molecule has 1 amide bonds. The van der Waals surface area contributed by atoms with Crippen LogP contribution < -0.4 is 10.6 Å². The molecule has 0 radical (unpaired) electrons. The van der Waals surface area contributed by atoms with Crippen LogP contribution in [0, 0.1) is 0 Å². The van der Waals surface area contributed by atoms with Gasteiger partial charge in [0, 0.05) is 26.2 Å². The third-order valence-corrected chi connectivity index (χ3v) is 3.11. The van der Waals surface area contributed by atoms with Crippen LogP contribution >= 0.6 is 11.6 Å². The zero-order valence-corrected chi connectivity index (χ0v) is 11.1. The number of anilines is 1. The highest BCUT2D eigenvalue weighted by Crippen LogP contribution is 2.18. The number of rotatable bonds is 4. The smallest absolute Gasteiger partial charge is 0.234 e. The number of hydrogen-bond acceptors (Lipinski definition) is 4. The van der Waals surface area contributed by atoms with Crippen molar-refractivity contribution < 1.29 is 4.79 Å². The van der Waals surface area contributed by atoms with Gasteiger partial charge in [0.2, 0.25) is 5.91 Å². The van der Waals surface area contributed by atoms with E-state index in [-0.39, 0.29) is 5.91 Å². The molecule has 1 saturated heterocycles. The van der Waals surface area contributed by atoms with Crippen LogP contribution in [0.2, 0.25) is 5.02 Å². The topological polar surface area (TPSA) is 57.3 Å². The van der Waals surface area contributed by atoms with E-state index in [0.717, 1.165) is 24.6 Å². The first kappa shape index (κ1) is 13.1. The molecule has 2 rings (SSSR count). The van der Waals surface area contributed by atoms with E-state index in [1.54, 1.807) is 0 Å². The Morgan fingerprint density at radius 2 is 2.39 bits per heavy atom. The lowest BCUT2D eigenvalue weighted by Crippen LogP contribution is -2.47. The monoisotopic (exact) mass is 268 g/mol. The van der Waals surface area contributed by atoms with Gasteiger partial charge in [0.25, 0.3) is 0 Å². The number of amides is 1. The minimum absolute atomic E-state index is 0.0558. The van der Waals surface area contributed by atoms with Gasteiger partial charge in [-0.15, -0.1) is 0 Å². The van der Waals surface area contributed by atoms with E-state index in [0.29, 0.717) is 24.7 Å². The summed E-state index contributed by atoms with van der Waals surface area (Å²) < 4.78 is 0. The normalized spacial score (nSPS) is 16.4. The van der Waals surface area contributed by atoms with E-state index >= 15 is 0 Å². The Morgan fingerprint density at radius 1 is 1.56 bits per heavy atom. The lowest BCUT2D eigenvalue weighted by atomic mass is 10.3. The summed E-state index contributed by atoms with van der Waals surface area (Å²) in [7, 11) is 0. The summed E-state index contributed by atoms with van der Waals surface area (Å²) in [6.45, 7) is 5.36. The average molecular weight is 269 g/mol. The standard InChI is InChI=1S/C12H17ClN4O/c1-2-14-11-4-3-9(13)10(16-11)7-17-6-5-15-12(18)8-17/h3-4H,2,5-8H2,1H3,(H,14,16)(H,15,18). The Kier molecular flexibility index (Phi) is 4.38. The van der Waals surface area contributed by atoms with Crippen LogP contribution in [0.15, 0.2) is 12.1 Å². The van der Waals surface area contributed by atoms with Crippen LogP contribution in [0.5, 0.6) is 0 Å². The second-order valence-corrected chi connectivity index (χ2v) is 4.62. The summed E-state index contributed by atoms with van der Waals surface area (Å²) in [5.41, 5.74) is 0.810. The van der Waals surface area contributed by atoms with Gasteiger partial charge in [0.05, 0.1) is 17.3 Å². The largest absolute Gasteiger partial charge is 0.370 e. The third-order valence-electron chi connectivity index (χ3n) is 2.77. The minimum Gasteiger partial charge on any atom is -0.370 e. The first-order chi connectivity index (χ1) is 8.69. The van der Waals surface area contributed by atoms with Gasteiger partial charge in [-0.25, -0.2) is 4.98 Å². The first-order valence-electron chi connectivity index (χ1n) is 6.07. The molecule has 0 spiro atoms. The molecule has 0 bridgehead atoms. The molecule has 1 aromatic rings. The summed E-state index contributed by atoms with van der Waals surface area (Å²) in [5, 5.41) is 6.59. The van der Waals surface area contributed by atoms with Gasteiger partial charge in [-0.3, -0.25) is 9.69 Å². The number of carbonyl (C=O) groups excluding carboxylic acids is 1. The van der Waals surface area contributed by atoms with E-state index in [2.05, 4.69) is 15.6 Å². The number of nitrogens with zero attached hydrogens (tertiary/aromatic N) is 2. The number of carbonyl (C=O) groups is 1. The Bertz CT molecular complexity index is 438. The number of nitrogens with one attached hydrogen (secondary N) is 2. The predicted octanol–water partition coefficient (Wildman–Crippen LogP) is 1.10. The van der Waals surface area contributed by atoms with Gasteiger partial charge in [-0.2, -0.15) is 0 Å². The molecule has 1 aliphatic rings. The van der Waals surface area contributed by atoms with E-state index in [9.17, 15) is 4.79 Å². The molecule has 0 atom stereocenters. The molecule has 1 fully saturated rings. The highest BCUT2D eigenvalue weighted by atomic mass is 35.5. The fourth-order valence-electron chi connectivity index (χ4n) is 1.91. The molecule has 98 valence electrons. The van der Waals surface area contributed by atoms with Gasteiger partial charge in [-0.1, -0.05) is 11.6 Å². The zero-order chi connectivity index (χ0) is 13.0. The molecule has 18 heavy (non-hydrogen) atoms. The van der Waals surface area contributed by atoms with E-state index in [4.69, 9.17) is 11.6 Å². The van der Waals surface area contributed by atoms with Gasteiger partial charge >= 0.3 is 0 Å². The Balaban J connectivity index is 2.07. The summed E-state index contributed by atoms with van der Waals surface area (Å²) in [6.07, 6.45) is 0. The van der Waals surface area contributed by atoms with Crippen molar-refractivity contribution in [1.82, 2.24) is 15.2 Å². The summed E-state index contributed by atoms with van der Waals surface area (Å²) in [4.78, 5) is 17.8. The number of pyridine rings is 1. The number of halogens is 1. The molecular formula is C12H17ClN4O. The van der Waals surface area contributed by atoms with Gasteiger partial charge in [-0.05, 0) is 19.1 Å². The van der Waals surface area contributed by atoms with Crippen LogP contribution in [0.3, 0.4) is 0 Å². The van der Waals surface area contributed by atoms with Gasteiger partial charge < -0.3 is 10.6 Å². The molecule has 0 aliphatic carbocycles. The van der Waals surface area contributed by atoms with Crippen LogP contribution in [0.25, 0.3) is 0 Å². The molecule has 1 aromatic heterocycles. The van der Waals surface area contributed by atoms with Crippen molar-refractivity contribution in [2.24, 2.45) is 0 Å². The second-order valence-electron chi connectivity index (χ2n) is 4.22. The van der Waals surface area contributed by atoms with Crippen molar-refractivity contribution in [2.75, 3.05) is 31.5 Å². The molecule has 5 nitrogen and oxygen atoms in total. The van der Waals surface area contributed by atoms with Crippen molar-refractivity contribution in [3.63, 3.8) is 0 Å². The molecular weight excluding hydrogens is 252 g/mol. The minimum atomic E-state index is 0.0558. The van der Waals surface area contributed by atoms with Crippen molar-refractivity contribution in [2.45, 2.75) is 13.5 Å². The Labute approximate surface area is 112 Å². The zero-order valence-electron chi connectivity index (χ0n) is 10.4.